The normalized spacial score (nSPS) is 10.2. The van der Waals surface area contributed by atoms with Crippen molar-refractivity contribution in [3.63, 3.8) is 0 Å². The lowest BCUT2D eigenvalue weighted by molar-refractivity contribution is 0.307. The van der Waals surface area contributed by atoms with Gasteiger partial charge in [-0.25, -0.2) is 9.97 Å². The first-order chi connectivity index (χ1) is 7.70. The van der Waals surface area contributed by atoms with Crippen molar-refractivity contribution in [2.45, 2.75) is 26.2 Å². The molecule has 0 aliphatic heterocycles. The first kappa shape index (κ1) is 12.5. The quantitative estimate of drug-likeness (QED) is 0.592. The highest BCUT2D eigenvalue weighted by Gasteiger charge is 2.14. The van der Waals surface area contributed by atoms with E-state index in [1.54, 1.807) is 0 Å². The molecule has 1 N–H and O–H groups in total. The molecule has 1 aromatic rings. The van der Waals surface area contributed by atoms with Crippen LogP contribution in [0.5, 0.6) is 5.88 Å². The molecular formula is C12H19N3O. The Hall–Kier alpha value is -1.58. The molecule has 0 aromatic carbocycles. The monoisotopic (exact) mass is 221 g/mol. The number of hydrogen-bond donors (Lipinski definition) is 1. The van der Waals surface area contributed by atoms with Gasteiger partial charge in [0.15, 0.2) is 0 Å². The van der Waals surface area contributed by atoms with Gasteiger partial charge in [0.2, 0.25) is 5.88 Å². The third-order valence-electron chi connectivity index (χ3n) is 2.22. The van der Waals surface area contributed by atoms with Crippen molar-refractivity contribution < 1.29 is 4.74 Å². The van der Waals surface area contributed by atoms with Crippen molar-refractivity contribution in [2.75, 3.05) is 19.0 Å². The molecule has 0 bridgehead atoms. The third-order valence-corrected chi connectivity index (χ3v) is 2.22. The maximum absolute atomic E-state index is 5.62. The van der Waals surface area contributed by atoms with Crippen molar-refractivity contribution in [1.82, 2.24) is 9.97 Å². The molecule has 0 saturated carbocycles. The Bertz CT molecular complexity index is 350. The molecule has 1 rings (SSSR count). The summed E-state index contributed by atoms with van der Waals surface area (Å²) in [5.74, 6) is 1.82. The van der Waals surface area contributed by atoms with Crippen LogP contribution in [0.25, 0.3) is 0 Å². The lowest BCUT2D eigenvalue weighted by Crippen LogP contribution is -2.07. The summed E-state index contributed by atoms with van der Waals surface area (Å²) < 4.78 is 5.62. The van der Waals surface area contributed by atoms with Crippen molar-refractivity contribution >= 4 is 5.82 Å². The number of nitrogens with one attached hydrogen (secondary N) is 1. The minimum Gasteiger partial charge on any atom is -0.477 e. The summed E-state index contributed by atoms with van der Waals surface area (Å²) in [4.78, 5) is 8.36. The van der Waals surface area contributed by atoms with E-state index >= 15 is 0 Å². The summed E-state index contributed by atoms with van der Waals surface area (Å²) in [6, 6.07) is 0. The number of rotatable bonds is 6. The van der Waals surface area contributed by atoms with E-state index in [-0.39, 0.29) is 0 Å². The van der Waals surface area contributed by atoms with E-state index in [9.17, 15) is 0 Å². The first-order valence-electron chi connectivity index (χ1n) is 5.47. The molecule has 0 aliphatic rings. The van der Waals surface area contributed by atoms with Crippen molar-refractivity contribution in [2.24, 2.45) is 0 Å². The van der Waals surface area contributed by atoms with Crippen LogP contribution in [0, 0.1) is 0 Å². The SMILES string of the molecule is C=CCCOc1ncnc(NC)c1C(C)C. The van der Waals surface area contributed by atoms with Crippen LogP contribution < -0.4 is 10.1 Å². The van der Waals surface area contributed by atoms with Crippen LogP contribution >= 0.6 is 0 Å². The Labute approximate surface area is 96.8 Å². The highest BCUT2D eigenvalue weighted by atomic mass is 16.5. The number of aromatic nitrogens is 2. The van der Waals surface area contributed by atoms with E-state index < -0.39 is 0 Å². The summed E-state index contributed by atoms with van der Waals surface area (Å²) in [6.45, 7) is 8.45. The summed E-state index contributed by atoms with van der Waals surface area (Å²) in [5.41, 5.74) is 1.02. The van der Waals surface area contributed by atoms with Gasteiger partial charge in [-0.3, -0.25) is 0 Å². The number of anilines is 1. The Morgan fingerprint density at radius 3 is 2.81 bits per heavy atom. The molecule has 88 valence electrons. The van der Waals surface area contributed by atoms with Gasteiger partial charge in [-0.05, 0) is 12.3 Å². The van der Waals surface area contributed by atoms with Crippen LogP contribution in [0.1, 0.15) is 31.7 Å². The van der Waals surface area contributed by atoms with Crippen molar-refractivity contribution in [1.29, 1.82) is 0 Å². The van der Waals surface area contributed by atoms with Gasteiger partial charge in [-0.15, -0.1) is 6.58 Å². The second-order valence-electron chi connectivity index (χ2n) is 3.77. The fourth-order valence-electron chi connectivity index (χ4n) is 1.45. The van der Waals surface area contributed by atoms with E-state index in [0.29, 0.717) is 18.4 Å². The molecule has 0 atom stereocenters. The first-order valence-corrected chi connectivity index (χ1v) is 5.47. The third kappa shape index (κ3) is 2.95. The van der Waals surface area contributed by atoms with E-state index in [1.807, 2.05) is 13.1 Å². The number of hydrogen-bond acceptors (Lipinski definition) is 4. The zero-order valence-corrected chi connectivity index (χ0v) is 10.2. The summed E-state index contributed by atoms with van der Waals surface area (Å²) in [7, 11) is 1.85. The van der Waals surface area contributed by atoms with Crippen LogP contribution in [0.3, 0.4) is 0 Å². The molecule has 1 heterocycles. The predicted molar refractivity (Wildman–Crippen MR) is 66.0 cm³/mol. The standard InChI is InChI=1S/C12H19N3O/c1-5-6-7-16-12-10(9(2)3)11(13-4)14-8-15-12/h5,8-9H,1,6-7H2,2-4H3,(H,13,14,15). The smallest absolute Gasteiger partial charge is 0.222 e. The summed E-state index contributed by atoms with van der Waals surface area (Å²) in [5, 5.41) is 3.06. The summed E-state index contributed by atoms with van der Waals surface area (Å²) >= 11 is 0. The largest absolute Gasteiger partial charge is 0.477 e. The second kappa shape index (κ2) is 6.10. The fourth-order valence-corrected chi connectivity index (χ4v) is 1.45. The summed E-state index contributed by atoms with van der Waals surface area (Å²) in [6.07, 6.45) is 4.16. The molecule has 4 heteroatoms. The van der Waals surface area contributed by atoms with Gasteiger partial charge < -0.3 is 10.1 Å². The maximum atomic E-state index is 5.62. The average Bonchev–Trinajstić information content (AvgIpc) is 2.28. The number of ether oxygens (including phenoxy) is 1. The number of nitrogens with zero attached hydrogens (tertiary/aromatic N) is 2. The van der Waals surface area contributed by atoms with E-state index in [0.717, 1.165) is 17.8 Å². The van der Waals surface area contributed by atoms with Crippen LogP contribution in [-0.4, -0.2) is 23.6 Å². The molecule has 0 unspecified atom stereocenters. The molecule has 0 spiro atoms. The zero-order valence-electron chi connectivity index (χ0n) is 10.2. The lowest BCUT2D eigenvalue weighted by Gasteiger charge is -2.15. The Kier molecular flexibility index (Phi) is 4.76. The molecule has 0 saturated heterocycles. The Morgan fingerprint density at radius 2 is 2.25 bits per heavy atom. The van der Waals surface area contributed by atoms with Gasteiger partial charge >= 0.3 is 0 Å². The van der Waals surface area contributed by atoms with Gasteiger partial charge in [-0.2, -0.15) is 0 Å². The molecule has 0 radical (unpaired) electrons. The van der Waals surface area contributed by atoms with Gasteiger partial charge in [0.05, 0.1) is 12.2 Å². The average molecular weight is 221 g/mol. The maximum Gasteiger partial charge on any atom is 0.222 e. The molecule has 16 heavy (non-hydrogen) atoms. The van der Waals surface area contributed by atoms with Gasteiger partial charge in [-0.1, -0.05) is 19.9 Å². The van der Waals surface area contributed by atoms with Gasteiger partial charge in [0, 0.05) is 7.05 Å². The van der Waals surface area contributed by atoms with Crippen LogP contribution in [0.15, 0.2) is 19.0 Å². The lowest BCUT2D eigenvalue weighted by atomic mass is 10.1. The zero-order chi connectivity index (χ0) is 12.0. The van der Waals surface area contributed by atoms with E-state index in [2.05, 4.69) is 35.7 Å². The minimum atomic E-state index is 0.322. The van der Waals surface area contributed by atoms with Crippen LogP contribution in [0.2, 0.25) is 0 Å². The van der Waals surface area contributed by atoms with Crippen molar-refractivity contribution in [3.05, 3.63) is 24.5 Å². The molecule has 0 fully saturated rings. The fraction of sp³-hybridized carbons (Fsp3) is 0.500. The Balaban J connectivity index is 2.93. The molecule has 4 nitrogen and oxygen atoms in total. The van der Waals surface area contributed by atoms with Crippen LogP contribution in [-0.2, 0) is 0 Å². The molecule has 0 aliphatic carbocycles. The van der Waals surface area contributed by atoms with Gasteiger partial charge in [0.25, 0.3) is 0 Å². The topological polar surface area (TPSA) is 47.0 Å². The second-order valence-corrected chi connectivity index (χ2v) is 3.77. The van der Waals surface area contributed by atoms with Crippen LogP contribution in [0.4, 0.5) is 5.82 Å². The van der Waals surface area contributed by atoms with E-state index in [1.165, 1.54) is 6.33 Å². The van der Waals surface area contributed by atoms with Gasteiger partial charge in [0.1, 0.15) is 12.1 Å². The molecule has 1 aromatic heterocycles. The Morgan fingerprint density at radius 1 is 1.50 bits per heavy atom. The highest BCUT2D eigenvalue weighted by molar-refractivity contribution is 5.50. The minimum absolute atomic E-state index is 0.322. The molecule has 0 amide bonds. The van der Waals surface area contributed by atoms with Crippen molar-refractivity contribution in [3.8, 4) is 5.88 Å². The molecular weight excluding hydrogens is 202 g/mol. The van der Waals surface area contributed by atoms with E-state index in [4.69, 9.17) is 4.74 Å². The highest BCUT2D eigenvalue weighted by Crippen LogP contribution is 2.29. The predicted octanol–water partition coefficient (Wildman–Crippen LogP) is 2.60.